The van der Waals surface area contributed by atoms with Crippen LogP contribution >= 0.6 is 0 Å². The molecule has 2 heterocycles. The Labute approximate surface area is 166 Å². The van der Waals surface area contributed by atoms with Crippen molar-refractivity contribution in [1.29, 1.82) is 0 Å². The quantitative estimate of drug-likeness (QED) is 0.883. The van der Waals surface area contributed by atoms with Crippen LogP contribution in [0.2, 0.25) is 0 Å². The first-order valence-electron chi connectivity index (χ1n) is 10.3. The van der Waals surface area contributed by atoms with Gasteiger partial charge in [-0.05, 0) is 56.2 Å². The van der Waals surface area contributed by atoms with Crippen molar-refractivity contribution in [3.63, 3.8) is 0 Å². The number of benzene rings is 1. The molecule has 2 aromatic rings. The fourth-order valence-electron chi connectivity index (χ4n) is 4.39. The van der Waals surface area contributed by atoms with E-state index >= 15 is 0 Å². The molecule has 0 saturated heterocycles. The lowest BCUT2D eigenvalue weighted by atomic mass is 9.87. The van der Waals surface area contributed by atoms with Crippen LogP contribution < -0.4 is 5.32 Å². The van der Waals surface area contributed by atoms with Crippen LogP contribution in [0.3, 0.4) is 0 Å². The third-order valence-corrected chi connectivity index (χ3v) is 6.17. The zero-order valence-corrected chi connectivity index (χ0v) is 16.7. The van der Waals surface area contributed by atoms with Gasteiger partial charge in [-0.2, -0.15) is 0 Å². The van der Waals surface area contributed by atoms with Crippen LogP contribution in [-0.2, 0) is 22.7 Å². The lowest BCUT2D eigenvalue weighted by Crippen LogP contribution is -2.50. The number of hydrogen-bond donors (Lipinski definition) is 1. The first-order valence-corrected chi connectivity index (χ1v) is 10.3. The van der Waals surface area contributed by atoms with Gasteiger partial charge in [0.2, 0.25) is 11.8 Å². The highest BCUT2D eigenvalue weighted by Crippen LogP contribution is 2.30. The van der Waals surface area contributed by atoms with Gasteiger partial charge < -0.3 is 14.8 Å². The second-order valence-corrected chi connectivity index (χ2v) is 8.44. The average molecular weight is 380 g/mol. The first-order chi connectivity index (χ1) is 13.5. The van der Waals surface area contributed by atoms with E-state index in [1.807, 2.05) is 54.1 Å². The predicted molar refractivity (Wildman–Crippen MR) is 108 cm³/mol. The summed E-state index contributed by atoms with van der Waals surface area (Å²) in [5, 5.41) is 3.24. The maximum absolute atomic E-state index is 13.3. The number of fused-ring (bicyclic) bond motifs is 1. The monoisotopic (exact) mass is 379 g/mol. The summed E-state index contributed by atoms with van der Waals surface area (Å²) in [5.41, 5.74) is 3.13. The van der Waals surface area contributed by atoms with Crippen molar-refractivity contribution >= 4 is 11.8 Å². The highest BCUT2D eigenvalue weighted by Gasteiger charge is 2.38. The number of amides is 2. The molecule has 1 saturated carbocycles. The fraction of sp³-hybridized carbons (Fsp3) is 0.478. The Morgan fingerprint density at radius 1 is 1.11 bits per heavy atom. The van der Waals surface area contributed by atoms with Gasteiger partial charge in [-0.1, -0.05) is 36.8 Å². The minimum Gasteiger partial charge on any atom is -0.351 e. The highest BCUT2D eigenvalue weighted by molar-refractivity contribution is 5.90. The SMILES string of the molecule is Cc1ccc(CN2C(=O)Cn3cccc3C2C(=O)NC2CCC(C)CC2)cc1. The largest absolute Gasteiger partial charge is 0.351 e. The van der Waals surface area contributed by atoms with E-state index in [0.717, 1.165) is 42.9 Å². The van der Waals surface area contributed by atoms with E-state index in [1.54, 1.807) is 4.90 Å². The number of rotatable bonds is 4. The van der Waals surface area contributed by atoms with Gasteiger partial charge >= 0.3 is 0 Å². The molecule has 4 rings (SSSR count). The minimum atomic E-state index is -0.572. The van der Waals surface area contributed by atoms with Crippen LogP contribution in [0.4, 0.5) is 0 Å². The normalized spacial score (nSPS) is 24.7. The van der Waals surface area contributed by atoms with Crippen molar-refractivity contribution in [1.82, 2.24) is 14.8 Å². The van der Waals surface area contributed by atoms with Gasteiger partial charge in [0, 0.05) is 18.8 Å². The number of hydrogen-bond acceptors (Lipinski definition) is 2. The topological polar surface area (TPSA) is 54.3 Å². The minimum absolute atomic E-state index is 0.0123. The average Bonchev–Trinajstić information content (AvgIpc) is 3.13. The van der Waals surface area contributed by atoms with Crippen LogP contribution in [0.25, 0.3) is 0 Å². The van der Waals surface area contributed by atoms with Crippen molar-refractivity contribution in [2.24, 2.45) is 5.92 Å². The lowest BCUT2D eigenvalue weighted by Gasteiger charge is -2.37. The van der Waals surface area contributed by atoms with Gasteiger partial charge in [0.25, 0.3) is 0 Å². The molecule has 1 unspecified atom stereocenters. The molecule has 1 atom stereocenters. The maximum atomic E-state index is 13.3. The molecule has 1 aromatic heterocycles. The summed E-state index contributed by atoms with van der Waals surface area (Å²) in [6.45, 7) is 5.06. The van der Waals surface area contributed by atoms with Crippen LogP contribution in [-0.4, -0.2) is 27.3 Å². The second kappa shape index (κ2) is 7.82. The molecule has 1 N–H and O–H groups in total. The molecule has 148 valence electrons. The van der Waals surface area contributed by atoms with Crippen LogP contribution in [0, 0.1) is 12.8 Å². The van der Waals surface area contributed by atoms with Gasteiger partial charge in [0.05, 0.1) is 5.69 Å². The second-order valence-electron chi connectivity index (χ2n) is 8.44. The molecule has 5 nitrogen and oxygen atoms in total. The third-order valence-electron chi connectivity index (χ3n) is 6.17. The molecule has 2 amide bonds. The number of carbonyl (C=O) groups is 2. The van der Waals surface area contributed by atoms with Gasteiger partial charge in [-0.3, -0.25) is 9.59 Å². The Bertz CT molecular complexity index is 847. The van der Waals surface area contributed by atoms with Gasteiger partial charge in [-0.15, -0.1) is 0 Å². The zero-order valence-electron chi connectivity index (χ0n) is 16.7. The van der Waals surface area contributed by atoms with E-state index in [0.29, 0.717) is 13.1 Å². The fourth-order valence-corrected chi connectivity index (χ4v) is 4.39. The van der Waals surface area contributed by atoms with Crippen molar-refractivity contribution < 1.29 is 9.59 Å². The van der Waals surface area contributed by atoms with Crippen LogP contribution in [0.15, 0.2) is 42.6 Å². The van der Waals surface area contributed by atoms with E-state index in [2.05, 4.69) is 12.2 Å². The van der Waals surface area contributed by atoms with Gasteiger partial charge in [0.15, 0.2) is 6.04 Å². The Morgan fingerprint density at radius 3 is 2.54 bits per heavy atom. The number of nitrogens with one attached hydrogen (secondary N) is 1. The van der Waals surface area contributed by atoms with Gasteiger partial charge in [0.1, 0.15) is 6.54 Å². The maximum Gasteiger partial charge on any atom is 0.249 e. The molecule has 0 spiro atoms. The molecular formula is C23H29N3O2. The molecule has 1 aliphatic carbocycles. The van der Waals surface area contributed by atoms with Crippen LogP contribution in [0.1, 0.15) is 55.5 Å². The third kappa shape index (κ3) is 3.84. The predicted octanol–water partition coefficient (Wildman–Crippen LogP) is 3.57. The van der Waals surface area contributed by atoms with E-state index in [4.69, 9.17) is 0 Å². The van der Waals surface area contributed by atoms with E-state index < -0.39 is 6.04 Å². The van der Waals surface area contributed by atoms with Crippen molar-refractivity contribution in [3.05, 3.63) is 59.4 Å². The Balaban J connectivity index is 1.57. The lowest BCUT2D eigenvalue weighted by molar-refractivity contribution is -0.144. The molecule has 0 bridgehead atoms. The van der Waals surface area contributed by atoms with E-state index in [9.17, 15) is 9.59 Å². The molecule has 1 aromatic carbocycles. The van der Waals surface area contributed by atoms with Crippen molar-refractivity contribution in [2.75, 3.05) is 0 Å². The van der Waals surface area contributed by atoms with Gasteiger partial charge in [-0.25, -0.2) is 0 Å². The Morgan fingerprint density at radius 2 is 1.82 bits per heavy atom. The Hall–Kier alpha value is -2.56. The summed E-state index contributed by atoms with van der Waals surface area (Å²) in [5.74, 6) is 0.668. The summed E-state index contributed by atoms with van der Waals surface area (Å²) in [6.07, 6.45) is 6.23. The molecular weight excluding hydrogens is 350 g/mol. The number of aromatic nitrogens is 1. The van der Waals surface area contributed by atoms with Crippen LogP contribution in [0.5, 0.6) is 0 Å². The number of nitrogens with zero attached hydrogens (tertiary/aromatic N) is 2. The van der Waals surface area contributed by atoms with E-state index in [1.165, 1.54) is 5.56 Å². The van der Waals surface area contributed by atoms with E-state index in [-0.39, 0.29) is 17.9 Å². The summed E-state index contributed by atoms with van der Waals surface area (Å²) in [6, 6.07) is 11.7. The van der Waals surface area contributed by atoms with Crippen molar-refractivity contribution in [3.8, 4) is 0 Å². The summed E-state index contributed by atoms with van der Waals surface area (Å²) < 4.78 is 1.90. The molecule has 5 heteroatoms. The smallest absolute Gasteiger partial charge is 0.249 e. The highest BCUT2D eigenvalue weighted by atomic mass is 16.2. The Kier molecular flexibility index (Phi) is 5.25. The molecule has 28 heavy (non-hydrogen) atoms. The standard InChI is InChI=1S/C23H29N3O2/c1-16-5-9-18(10-6-16)14-26-21(27)15-25-13-3-4-20(25)22(26)23(28)24-19-11-7-17(2)8-12-19/h3-6,9-10,13,17,19,22H,7-8,11-12,14-15H2,1-2H3,(H,24,28). The summed E-state index contributed by atoms with van der Waals surface area (Å²) in [7, 11) is 0. The zero-order chi connectivity index (χ0) is 19.7. The molecule has 0 radical (unpaired) electrons. The number of aryl methyl sites for hydroxylation is 1. The molecule has 1 aliphatic heterocycles. The first kappa shape index (κ1) is 18.8. The molecule has 1 fully saturated rings. The number of carbonyl (C=O) groups excluding carboxylic acids is 2. The summed E-state index contributed by atoms with van der Waals surface area (Å²) in [4.78, 5) is 27.9. The van der Waals surface area contributed by atoms with Crippen molar-refractivity contribution in [2.45, 2.75) is 64.7 Å². The molecule has 2 aliphatic rings. The summed E-state index contributed by atoms with van der Waals surface area (Å²) >= 11 is 0.